The Bertz CT molecular complexity index is 661. The first-order valence-corrected chi connectivity index (χ1v) is 9.17. The third-order valence-electron chi connectivity index (χ3n) is 5.09. The molecule has 1 unspecified atom stereocenters. The number of aliphatic hydroxyl groups is 2. The molecule has 0 bridgehead atoms. The van der Waals surface area contributed by atoms with Crippen LogP contribution in [0.2, 0.25) is 0 Å². The molecule has 1 heterocycles. The van der Waals surface area contributed by atoms with Crippen molar-refractivity contribution in [3.63, 3.8) is 0 Å². The lowest BCUT2D eigenvalue weighted by Gasteiger charge is -2.37. The van der Waals surface area contributed by atoms with Crippen LogP contribution in [-0.4, -0.2) is 51.8 Å². The fourth-order valence-corrected chi connectivity index (χ4v) is 3.45. The molecule has 2 aliphatic rings. The Morgan fingerprint density at radius 2 is 2.07 bits per heavy atom. The number of ketones is 1. The van der Waals surface area contributed by atoms with Crippen molar-refractivity contribution in [2.45, 2.75) is 64.4 Å². The van der Waals surface area contributed by atoms with Crippen molar-refractivity contribution < 1.29 is 34.1 Å². The van der Waals surface area contributed by atoms with Gasteiger partial charge in [0.2, 0.25) is 0 Å². The number of esters is 2. The lowest BCUT2D eigenvalue weighted by molar-refractivity contribution is -0.181. The highest BCUT2D eigenvalue weighted by Gasteiger charge is 2.53. The lowest BCUT2D eigenvalue weighted by Crippen LogP contribution is -2.56. The first kappa shape index (κ1) is 21.3. The molecule has 1 fully saturated rings. The van der Waals surface area contributed by atoms with Crippen molar-refractivity contribution in [1.29, 1.82) is 0 Å². The van der Waals surface area contributed by atoms with E-state index in [2.05, 4.69) is 6.58 Å². The second kappa shape index (κ2) is 7.94. The van der Waals surface area contributed by atoms with E-state index in [-0.39, 0.29) is 23.8 Å². The fourth-order valence-electron chi connectivity index (χ4n) is 3.45. The predicted molar refractivity (Wildman–Crippen MR) is 96.4 cm³/mol. The highest BCUT2D eigenvalue weighted by molar-refractivity contribution is 5.97. The van der Waals surface area contributed by atoms with E-state index in [0.29, 0.717) is 6.42 Å². The molecule has 1 saturated heterocycles. The van der Waals surface area contributed by atoms with Crippen molar-refractivity contribution >= 4 is 17.7 Å². The van der Waals surface area contributed by atoms with Crippen LogP contribution in [0.3, 0.4) is 0 Å². The van der Waals surface area contributed by atoms with Crippen molar-refractivity contribution in [1.82, 2.24) is 0 Å². The molecule has 0 aromatic carbocycles. The second-order valence-electron chi connectivity index (χ2n) is 8.08. The minimum absolute atomic E-state index is 0.0136. The number of ether oxygens (including phenoxy) is 2. The Morgan fingerprint density at radius 3 is 2.67 bits per heavy atom. The van der Waals surface area contributed by atoms with Crippen molar-refractivity contribution in [2.24, 2.45) is 17.8 Å². The van der Waals surface area contributed by atoms with Gasteiger partial charge in [-0.25, -0.2) is 4.79 Å². The van der Waals surface area contributed by atoms with E-state index in [4.69, 9.17) is 9.47 Å². The molecule has 7 nitrogen and oxygen atoms in total. The Balaban J connectivity index is 2.48. The average Bonchev–Trinajstić information content (AvgIpc) is 2.82. The maximum absolute atomic E-state index is 12.4. The van der Waals surface area contributed by atoms with Crippen LogP contribution < -0.4 is 0 Å². The topological polar surface area (TPSA) is 110 Å². The minimum Gasteiger partial charge on any atom is -0.459 e. The van der Waals surface area contributed by atoms with E-state index in [9.17, 15) is 24.6 Å². The van der Waals surface area contributed by atoms with Crippen molar-refractivity contribution in [2.75, 3.05) is 0 Å². The summed E-state index contributed by atoms with van der Waals surface area (Å²) < 4.78 is 10.9. The largest absolute Gasteiger partial charge is 0.459 e. The molecular weight excluding hydrogens is 352 g/mol. The van der Waals surface area contributed by atoms with Crippen molar-refractivity contribution in [3.8, 4) is 0 Å². The molecule has 150 valence electrons. The summed E-state index contributed by atoms with van der Waals surface area (Å²) in [5.74, 6) is -2.91. The van der Waals surface area contributed by atoms with E-state index in [1.165, 1.54) is 6.08 Å². The van der Waals surface area contributed by atoms with Crippen LogP contribution in [0.25, 0.3) is 0 Å². The Kier molecular flexibility index (Phi) is 6.27. The van der Waals surface area contributed by atoms with Gasteiger partial charge < -0.3 is 19.7 Å². The molecule has 6 atom stereocenters. The summed E-state index contributed by atoms with van der Waals surface area (Å²) >= 11 is 0. The third kappa shape index (κ3) is 4.47. The first-order chi connectivity index (χ1) is 12.4. The van der Waals surface area contributed by atoms with Crippen LogP contribution in [0.1, 0.15) is 40.5 Å². The molecule has 0 aromatic heterocycles. The molecule has 0 amide bonds. The maximum Gasteiger partial charge on any atom is 0.334 e. The molecule has 1 aliphatic carbocycles. The van der Waals surface area contributed by atoms with Gasteiger partial charge in [-0.2, -0.15) is 0 Å². The van der Waals surface area contributed by atoms with Gasteiger partial charge in [-0.05, 0) is 31.3 Å². The van der Waals surface area contributed by atoms with Gasteiger partial charge >= 0.3 is 11.9 Å². The zero-order valence-corrected chi connectivity index (χ0v) is 16.2. The first-order valence-electron chi connectivity index (χ1n) is 9.17. The summed E-state index contributed by atoms with van der Waals surface area (Å²) in [6.45, 7) is 10.4. The van der Waals surface area contributed by atoms with Gasteiger partial charge in [0, 0.05) is 12.0 Å². The van der Waals surface area contributed by atoms with Gasteiger partial charge in [-0.15, -0.1) is 0 Å². The second-order valence-corrected chi connectivity index (χ2v) is 8.08. The minimum atomic E-state index is -2.20. The average molecular weight is 380 g/mol. The number of hydrogen-bond donors (Lipinski definition) is 2. The molecule has 1 aliphatic heterocycles. The number of carbonyl (C=O) groups is 3. The predicted octanol–water partition coefficient (Wildman–Crippen LogP) is 1.32. The fraction of sp³-hybridized carbons (Fsp3) is 0.650. The number of allylic oxidation sites excluding steroid dienone is 1. The monoisotopic (exact) mass is 380 g/mol. The molecular formula is C20H28O7. The van der Waals surface area contributed by atoms with E-state index < -0.39 is 47.6 Å². The van der Waals surface area contributed by atoms with Gasteiger partial charge in [0.15, 0.2) is 11.4 Å². The quantitative estimate of drug-likeness (QED) is 0.561. The zero-order valence-electron chi connectivity index (χ0n) is 16.2. The van der Waals surface area contributed by atoms with E-state index >= 15 is 0 Å². The van der Waals surface area contributed by atoms with Crippen LogP contribution in [-0.2, 0) is 23.9 Å². The van der Waals surface area contributed by atoms with Gasteiger partial charge in [0.25, 0.3) is 0 Å². The smallest absolute Gasteiger partial charge is 0.334 e. The van der Waals surface area contributed by atoms with E-state index in [1.54, 1.807) is 6.08 Å². The molecule has 0 spiro atoms. The Morgan fingerprint density at radius 1 is 1.44 bits per heavy atom. The Labute approximate surface area is 159 Å². The highest BCUT2D eigenvalue weighted by Crippen LogP contribution is 2.39. The van der Waals surface area contributed by atoms with Crippen molar-refractivity contribution in [3.05, 3.63) is 24.3 Å². The van der Waals surface area contributed by atoms with E-state index in [0.717, 1.165) is 6.92 Å². The summed E-state index contributed by atoms with van der Waals surface area (Å²) in [6.07, 6.45) is -0.510. The summed E-state index contributed by atoms with van der Waals surface area (Å²) in [7, 11) is 0. The van der Waals surface area contributed by atoms with Gasteiger partial charge in [0.1, 0.15) is 18.3 Å². The number of carbonyl (C=O) groups excluding carboxylic acids is 3. The normalized spacial score (nSPS) is 38.3. The molecule has 2 N–H and O–H groups in total. The van der Waals surface area contributed by atoms with Crippen LogP contribution in [0, 0.1) is 17.8 Å². The SMILES string of the molecule is C=C1C(=O)O[C@@H]2C[C@@H](C)/C=C\C(=O)[C@](C)(O)[C@H](O)C(OC(=O)CC(C)C)[C@@H]12. The third-order valence-corrected chi connectivity index (χ3v) is 5.09. The molecule has 27 heavy (non-hydrogen) atoms. The maximum atomic E-state index is 12.4. The van der Waals surface area contributed by atoms with Crippen LogP contribution in [0.15, 0.2) is 24.3 Å². The Hall–Kier alpha value is -1.99. The number of aliphatic hydroxyl groups excluding tert-OH is 1. The van der Waals surface area contributed by atoms with Gasteiger partial charge in [0.05, 0.1) is 5.92 Å². The number of rotatable bonds is 3. The zero-order chi connectivity index (χ0) is 20.5. The molecule has 0 aromatic rings. The van der Waals surface area contributed by atoms with Gasteiger partial charge in [-0.3, -0.25) is 9.59 Å². The summed E-state index contributed by atoms with van der Waals surface area (Å²) in [4.78, 5) is 36.8. The summed E-state index contributed by atoms with van der Waals surface area (Å²) in [6, 6.07) is 0. The molecule has 0 radical (unpaired) electrons. The standard InChI is InChI=1S/C20H28O7/c1-10(2)8-15(22)27-17-16-12(4)19(24)26-13(16)9-11(3)6-7-14(21)20(5,25)18(17)23/h6-7,10-11,13,16-18,23,25H,4,8-9H2,1-3,5H3/b7-6-/t11-,13+,16-,17?,18+,20-/m0/s1. The molecule has 2 rings (SSSR count). The summed E-state index contributed by atoms with van der Waals surface area (Å²) in [5, 5.41) is 21.5. The number of fused-ring (bicyclic) bond motifs is 1. The lowest BCUT2D eigenvalue weighted by atomic mass is 9.77. The van der Waals surface area contributed by atoms with Crippen LogP contribution >= 0.6 is 0 Å². The highest BCUT2D eigenvalue weighted by atomic mass is 16.6. The van der Waals surface area contributed by atoms with Gasteiger partial charge in [-0.1, -0.05) is 33.4 Å². The summed E-state index contributed by atoms with van der Waals surface area (Å²) in [5.41, 5.74) is -2.14. The number of hydrogen-bond acceptors (Lipinski definition) is 7. The van der Waals surface area contributed by atoms with E-state index in [1.807, 2.05) is 20.8 Å². The van der Waals surface area contributed by atoms with Crippen LogP contribution in [0.4, 0.5) is 0 Å². The molecule has 0 saturated carbocycles. The van der Waals surface area contributed by atoms with Crippen LogP contribution in [0.5, 0.6) is 0 Å². The molecule has 7 heteroatoms.